The highest BCUT2D eigenvalue weighted by Crippen LogP contribution is 2.31. The number of anilines is 2. The first kappa shape index (κ1) is 20.5. The molecule has 0 aromatic heterocycles. The second-order valence-corrected chi connectivity index (χ2v) is 9.19. The first-order valence-electron chi connectivity index (χ1n) is 11.8. The lowest BCUT2D eigenvalue weighted by molar-refractivity contribution is 0.0667. The SMILES string of the molecule is O=C(c1ccc(NC2CCCCC2)c(NC2CCCCC2)c1)N1CCC(F)CC1. The van der Waals surface area contributed by atoms with Crippen LogP contribution in [0.1, 0.15) is 87.4 Å². The van der Waals surface area contributed by atoms with Crippen molar-refractivity contribution in [2.45, 2.75) is 95.3 Å². The predicted octanol–water partition coefficient (Wildman–Crippen LogP) is 5.75. The second kappa shape index (κ2) is 9.82. The molecule has 2 saturated carbocycles. The topological polar surface area (TPSA) is 44.4 Å². The molecule has 2 N–H and O–H groups in total. The molecule has 1 aromatic carbocycles. The third-order valence-corrected chi connectivity index (χ3v) is 6.91. The Morgan fingerprint density at radius 2 is 1.34 bits per heavy atom. The normalized spacial score (nSPS) is 22.4. The molecule has 0 atom stereocenters. The maximum Gasteiger partial charge on any atom is 0.253 e. The summed E-state index contributed by atoms with van der Waals surface area (Å²) in [6.45, 7) is 1.04. The van der Waals surface area contributed by atoms with Crippen molar-refractivity contribution in [1.82, 2.24) is 4.90 Å². The first-order chi connectivity index (χ1) is 14.2. The van der Waals surface area contributed by atoms with Crippen LogP contribution in [0.5, 0.6) is 0 Å². The Morgan fingerprint density at radius 3 is 1.93 bits per heavy atom. The van der Waals surface area contributed by atoms with E-state index in [1.54, 1.807) is 0 Å². The van der Waals surface area contributed by atoms with Gasteiger partial charge in [0.05, 0.1) is 11.4 Å². The Labute approximate surface area is 174 Å². The number of likely N-dealkylation sites (tertiary alicyclic amines) is 1. The van der Waals surface area contributed by atoms with E-state index in [0.29, 0.717) is 38.0 Å². The standard InChI is InChI=1S/C24H36FN3O/c25-19-13-15-28(16-14-19)24(29)18-11-12-22(26-20-7-3-1-4-8-20)23(17-18)27-21-9-5-2-6-10-21/h11-12,17,19-21,26-27H,1-10,13-16H2. The molecule has 4 rings (SSSR count). The van der Waals surface area contributed by atoms with E-state index in [0.717, 1.165) is 16.9 Å². The van der Waals surface area contributed by atoms with Crippen molar-refractivity contribution in [1.29, 1.82) is 0 Å². The molecular formula is C24H36FN3O. The van der Waals surface area contributed by atoms with Crippen molar-refractivity contribution in [2.24, 2.45) is 0 Å². The molecule has 2 aliphatic carbocycles. The van der Waals surface area contributed by atoms with Gasteiger partial charge >= 0.3 is 0 Å². The Balaban J connectivity index is 1.51. The quantitative estimate of drug-likeness (QED) is 0.660. The number of hydrogen-bond donors (Lipinski definition) is 2. The Kier molecular flexibility index (Phi) is 6.94. The summed E-state index contributed by atoms with van der Waals surface area (Å²) in [5.41, 5.74) is 2.91. The number of alkyl halides is 1. The van der Waals surface area contributed by atoms with Gasteiger partial charge in [-0.15, -0.1) is 0 Å². The average molecular weight is 402 g/mol. The van der Waals surface area contributed by atoms with E-state index in [1.165, 1.54) is 64.2 Å². The largest absolute Gasteiger partial charge is 0.381 e. The van der Waals surface area contributed by atoms with E-state index in [4.69, 9.17) is 0 Å². The number of rotatable bonds is 5. The molecule has 3 fully saturated rings. The summed E-state index contributed by atoms with van der Waals surface area (Å²) in [5, 5.41) is 7.50. The molecule has 1 saturated heterocycles. The maximum atomic E-state index is 13.5. The van der Waals surface area contributed by atoms with Gasteiger partial charge in [-0.25, -0.2) is 4.39 Å². The highest BCUT2D eigenvalue weighted by atomic mass is 19.1. The van der Waals surface area contributed by atoms with Crippen LogP contribution in [0.3, 0.4) is 0 Å². The number of hydrogen-bond acceptors (Lipinski definition) is 3. The monoisotopic (exact) mass is 401 g/mol. The number of carbonyl (C=O) groups is 1. The van der Waals surface area contributed by atoms with Gasteiger partial charge in [-0.1, -0.05) is 38.5 Å². The van der Waals surface area contributed by atoms with Crippen molar-refractivity contribution < 1.29 is 9.18 Å². The van der Waals surface area contributed by atoms with Crippen LogP contribution >= 0.6 is 0 Å². The number of amides is 1. The summed E-state index contributed by atoms with van der Waals surface area (Å²) in [7, 11) is 0. The van der Waals surface area contributed by atoms with Crippen molar-refractivity contribution >= 4 is 17.3 Å². The van der Waals surface area contributed by atoms with Crippen LogP contribution in [0.25, 0.3) is 0 Å². The molecule has 4 nitrogen and oxygen atoms in total. The summed E-state index contributed by atoms with van der Waals surface area (Å²) in [6, 6.07) is 7.07. The lowest BCUT2D eigenvalue weighted by atomic mass is 9.94. The minimum absolute atomic E-state index is 0.0350. The summed E-state index contributed by atoms with van der Waals surface area (Å²) < 4.78 is 13.5. The van der Waals surface area contributed by atoms with Crippen LogP contribution in [-0.2, 0) is 0 Å². The molecule has 3 aliphatic rings. The maximum absolute atomic E-state index is 13.5. The molecule has 0 unspecified atom stereocenters. The van der Waals surface area contributed by atoms with Crippen LogP contribution in [0.4, 0.5) is 15.8 Å². The Bertz CT molecular complexity index is 675. The van der Waals surface area contributed by atoms with Crippen LogP contribution in [0.2, 0.25) is 0 Å². The number of nitrogens with one attached hydrogen (secondary N) is 2. The summed E-state index contributed by atoms with van der Waals surface area (Å²) in [6.07, 6.45) is 12.8. The van der Waals surface area contributed by atoms with Gasteiger partial charge in [0.25, 0.3) is 5.91 Å². The van der Waals surface area contributed by atoms with E-state index >= 15 is 0 Å². The number of carbonyl (C=O) groups excluding carboxylic acids is 1. The highest BCUT2D eigenvalue weighted by molar-refractivity contribution is 5.96. The number of benzene rings is 1. The van der Waals surface area contributed by atoms with Crippen LogP contribution in [0.15, 0.2) is 18.2 Å². The zero-order valence-corrected chi connectivity index (χ0v) is 17.6. The van der Waals surface area contributed by atoms with Gasteiger partial charge in [-0.3, -0.25) is 4.79 Å². The molecule has 0 radical (unpaired) electrons. The van der Waals surface area contributed by atoms with E-state index in [2.05, 4.69) is 16.7 Å². The van der Waals surface area contributed by atoms with Crippen LogP contribution < -0.4 is 10.6 Å². The number of halogens is 1. The highest BCUT2D eigenvalue weighted by Gasteiger charge is 2.25. The second-order valence-electron chi connectivity index (χ2n) is 9.19. The predicted molar refractivity (Wildman–Crippen MR) is 117 cm³/mol. The fraction of sp³-hybridized carbons (Fsp3) is 0.708. The molecule has 1 aliphatic heterocycles. The molecule has 29 heavy (non-hydrogen) atoms. The van der Waals surface area contributed by atoms with Gasteiger partial charge in [0.15, 0.2) is 0 Å². The molecule has 5 heteroatoms. The number of piperidine rings is 1. The molecule has 1 aromatic rings. The Morgan fingerprint density at radius 1 is 0.793 bits per heavy atom. The number of nitrogens with zero attached hydrogens (tertiary/aromatic N) is 1. The third-order valence-electron chi connectivity index (χ3n) is 6.91. The molecule has 0 spiro atoms. The lowest BCUT2D eigenvalue weighted by Gasteiger charge is -2.30. The molecule has 1 amide bonds. The minimum atomic E-state index is -0.760. The lowest BCUT2D eigenvalue weighted by Crippen LogP contribution is -2.39. The van der Waals surface area contributed by atoms with Gasteiger partial charge in [0.2, 0.25) is 0 Å². The first-order valence-corrected chi connectivity index (χ1v) is 11.8. The molecule has 1 heterocycles. The van der Waals surface area contributed by atoms with Crippen molar-refractivity contribution in [3.8, 4) is 0 Å². The molecular weight excluding hydrogens is 365 g/mol. The van der Waals surface area contributed by atoms with E-state index < -0.39 is 6.17 Å². The zero-order valence-electron chi connectivity index (χ0n) is 17.6. The average Bonchev–Trinajstić information content (AvgIpc) is 2.76. The third kappa shape index (κ3) is 5.43. The van der Waals surface area contributed by atoms with Gasteiger partial charge < -0.3 is 15.5 Å². The van der Waals surface area contributed by atoms with Crippen molar-refractivity contribution in [2.75, 3.05) is 23.7 Å². The van der Waals surface area contributed by atoms with Gasteiger partial charge in [0, 0.05) is 30.7 Å². The molecule has 160 valence electrons. The summed E-state index contributed by atoms with van der Waals surface area (Å²) in [4.78, 5) is 14.8. The van der Waals surface area contributed by atoms with E-state index in [9.17, 15) is 9.18 Å². The van der Waals surface area contributed by atoms with Gasteiger partial charge in [-0.05, 0) is 56.7 Å². The van der Waals surface area contributed by atoms with Crippen LogP contribution in [0, 0.1) is 0 Å². The fourth-order valence-corrected chi connectivity index (χ4v) is 5.09. The summed E-state index contributed by atoms with van der Waals surface area (Å²) >= 11 is 0. The van der Waals surface area contributed by atoms with E-state index in [-0.39, 0.29) is 5.91 Å². The van der Waals surface area contributed by atoms with Crippen molar-refractivity contribution in [3.05, 3.63) is 23.8 Å². The van der Waals surface area contributed by atoms with Gasteiger partial charge in [0.1, 0.15) is 6.17 Å². The van der Waals surface area contributed by atoms with Crippen LogP contribution in [-0.4, -0.2) is 42.2 Å². The van der Waals surface area contributed by atoms with Crippen molar-refractivity contribution in [3.63, 3.8) is 0 Å². The van der Waals surface area contributed by atoms with E-state index in [1.807, 2.05) is 17.0 Å². The fourth-order valence-electron chi connectivity index (χ4n) is 5.09. The Hall–Kier alpha value is -1.78. The summed E-state index contributed by atoms with van der Waals surface area (Å²) in [5.74, 6) is 0.0350. The zero-order chi connectivity index (χ0) is 20.1. The minimum Gasteiger partial charge on any atom is -0.381 e. The molecule has 0 bridgehead atoms. The smallest absolute Gasteiger partial charge is 0.253 e. The van der Waals surface area contributed by atoms with Gasteiger partial charge in [-0.2, -0.15) is 0 Å².